The highest BCUT2D eigenvalue weighted by Gasteiger charge is 2.23. The molecule has 0 unspecified atom stereocenters. The topological polar surface area (TPSA) is 66.4 Å². The Morgan fingerprint density at radius 1 is 1.33 bits per heavy atom. The number of aliphatic hydroxyl groups is 1. The third-order valence-electron chi connectivity index (χ3n) is 3.39. The molecule has 4 nitrogen and oxygen atoms in total. The van der Waals surface area contributed by atoms with Crippen molar-refractivity contribution in [3.05, 3.63) is 29.6 Å². The van der Waals surface area contributed by atoms with E-state index in [1.54, 1.807) is 0 Å². The lowest BCUT2D eigenvalue weighted by Gasteiger charge is -2.12. The van der Waals surface area contributed by atoms with Crippen LogP contribution in [-0.2, 0) is 10.0 Å². The lowest BCUT2D eigenvalue weighted by atomic mass is 10.2. The number of sulfonamides is 1. The lowest BCUT2D eigenvalue weighted by molar-refractivity contribution is 0.305. The third-order valence-corrected chi connectivity index (χ3v) is 4.91. The minimum absolute atomic E-state index is 0.0536. The second-order valence-corrected chi connectivity index (χ2v) is 6.73. The van der Waals surface area contributed by atoms with Crippen molar-refractivity contribution in [1.29, 1.82) is 0 Å². The van der Waals surface area contributed by atoms with Gasteiger partial charge in [0.15, 0.2) is 0 Å². The molecule has 2 rings (SSSR count). The molecule has 0 amide bonds. The van der Waals surface area contributed by atoms with Crippen LogP contribution in [0.3, 0.4) is 0 Å². The summed E-state index contributed by atoms with van der Waals surface area (Å²) in [7, 11) is -3.69. The minimum Gasteiger partial charge on any atom is -0.395 e. The van der Waals surface area contributed by atoms with Crippen LogP contribution in [0.1, 0.15) is 37.7 Å². The fourth-order valence-electron chi connectivity index (χ4n) is 2.31. The quantitative estimate of drug-likeness (QED) is 0.833. The normalized spacial score (nSPS) is 15.7. The van der Waals surface area contributed by atoms with E-state index in [1.165, 1.54) is 12.1 Å². The van der Waals surface area contributed by atoms with Crippen LogP contribution in [0.15, 0.2) is 23.1 Å². The van der Waals surface area contributed by atoms with Crippen LogP contribution in [0, 0.1) is 17.7 Å². The fourth-order valence-corrected chi connectivity index (χ4v) is 3.63. The highest BCUT2D eigenvalue weighted by atomic mass is 32.2. The largest absolute Gasteiger partial charge is 0.395 e. The molecule has 0 aliphatic heterocycles. The van der Waals surface area contributed by atoms with Gasteiger partial charge in [0.05, 0.1) is 17.1 Å². The maximum atomic E-state index is 13.9. The van der Waals surface area contributed by atoms with Gasteiger partial charge < -0.3 is 5.11 Å². The van der Waals surface area contributed by atoms with Crippen molar-refractivity contribution in [2.45, 2.75) is 43.0 Å². The predicted molar refractivity (Wildman–Crippen MR) is 77.6 cm³/mol. The van der Waals surface area contributed by atoms with Gasteiger partial charge in [-0.15, -0.1) is 0 Å². The van der Waals surface area contributed by atoms with Crippen molar-refractivity contribution in [3.8, 4) is 11.8 Å². The molecule has 2 N–H and O–H groups in total. The number of rotatable bonds is 4. The van der Waals surface area contributed by atoms with E-state index in [9.17, 15) is 12.8 Å². The molecule has 114 valence electrons. The van der Waals surface area contributed by atoms with E-state index in [0.717, 1.165) is 31.7 Å². The summed E-state index contributed by atoms with van der Waals surface area (Å²) >= 11 is 0. The Balaban J connectivity index is 2.17. The zero-order valence-electron chi connectivity index (χ0n) is 11.6. The molecule has 6 heteroatoms. The Kier molecular flexibility index (Phi) is 5.34. The summed E-state index contributed by atoms with van der Waals surface area (Å²) in [5, 5.41) is 8.62. The standard InChI is InChI=1S/C15H18FNO3S/c16-15-11-14(9-8-12(15)5-3-4-10-18)21(19,20)17-13-6-1-2-7-13/h8-9,11,13,17-18H,1-2,4,6-7,10H2. The summed E-state index contributed by atoms with van der Waals surface area (Å²) in [4.78, 5) is -0.0837. The van der Waals surface area contributed by atoms with E-state index < -0.39 is 15.8 Å². The van der Waals surface area contributed by atoms with Gasteiger partial charge in [-0.05, 0) is 31.0 Å². The van der Waals surface area contributed by atoms with Crippen molar-refractivity contribution < 1.29 is 17.9 Å². The number of nitrogens with one attached hydrogen (secondary N) is 1. The van der Waals surface area contributed by atoms with Gasteiger partial charge in [0.2, 0.25) is 10.0 Å². The molecule has 1 saturated carbocycles. The van der Waals surface area contributed by atoms with E-state index in [-0.39, 0.29) is 29.5 Å². The van der Waals surface area contributed by atoms with E-state index in [2.05, 4.69) is 16.6 Å². The summed E-state index contributed by atoms with van der Waals surface area (Å²) in [5.41, 5.74) is 0.128. The summed E-state index contributed by atoms with van der Waals surface area (Å²) in [6.45, 7) is -0.0909. The van der Waals surface area contributed by atoms with Gasteiger partial charge in [-0.3, -0.25) is 0 Å². The van der Waals surface area contributed by atoms with Crippen molar-refractivity contribution in [2.24, 2.45) is 0 Å². The molecule has 1 aromatic rings. The first kappa shape index (κ1) is 16.0. The van der Waals surface area contributed by atoms with Crippen LogP contribution >= 0.6 is 0 Å². The first-order valence-corrected chi connectivity index (χ1v) is 8.43. The average molecular weight is 311 g/mol. The molecule has 0 radical (unpaired) electrons. The van der Waals surface area contributed by atoms with E-state index in [1.807, 2.05) is 0 Å². The Hall–Kier alpha value is -1.42. The molecule has 21 heavy (non-hydrogen) atoms. The van der Waals surface area contributed by atoms with Gasteiger partial charge in [0.25, 0.3) is 0 Å². The molecule has 0 saturated heterocycles. The van der Waals surface area contributed by atoms with Crippen LogP contribution in [-0.4, -0.2) is 26.2 Å². The third kappa shape index (κ3) is 4.27. The van der Waals surface area contributed by atoms with Crippen LogP contribution < -0.4 is 4.72 Å². The van der Waals surface area contributed by atoms with E-state index >= 15 is 0 Å². The maximum absolute atomic E-state index is 13.9. The lowest BCUT2D eigenvalue weighted by Crippen LogP contribution is -2.32. The Morgan fingerprint density at radius 2 is 2.05 bits per heavy atom. The first-order chi connectivity index (χ1) is 10.0. The second kappa shape index (κ2) is 7.03. The first-order valence-electron chi connectivity index (χ1n) is 6.94. The van der Waals surface area contributed by atoms with Crippen LogP contribution in [0.25, 0.3) is 0 Å². The highest BCUT2D eigenvalue weighted by molar-refractivity contribution is 7.89. The number of hydrogen-bond acceptors (Lipinski definition) is 3. The fraction of sp³-hybridized carbons (Fsp3) is 0.467. The maximum Gasteiger partial charge on any atom is 0.240 e. The zero-order chi connectivity index (χ0) is 15.3. The van der Waals surface area contributed by atoms with Crippen molar-refractivity contribution in [2.75, 3.05) is 6.61 Å². The van der Waals surface area contributed by atoms with Gasteiger partial charge in [0, 0.05) is 12.5 Å². The molecule has 0 spiro atoms. The summed E-state index contributed by atoms with van der Waals surface area (Å²) in [6, 6.07) is 3.63. The number of halogens is 1. The molecule has 1 aliphatic carbocycles. The second-order valence-electron chi connectivity index (χ2n) is 5.02. The molecule has 1 aromatic carbocycles. The zero-order valence-corrected chi connectivity index (χ0v) is 12.4. The van der Waals surface area contributed by atoms with Crippen molar-refractivity contribution >= 4 is 10.0 Å². The number of benzene rings is 1. The SMILES string of the molecule is O=S(=O)(NC1CCCC1)c1ccc(C#CCCO)c(F)c1. The molecule has 0 bridgehead atoms. The van der Waals surface area contributed by atoms with Crippen LogP contribution in [0.2, 0.25) is 0 Å². The smallest absolute Gasteiger partial charge is 0.240 e. The molecule has 0 heterocycles. The Labute approximate surface area is 124 Å². The predicted octanol–water partition coefficient (Wildman–Crippen LogP) is 1.78. The molecular weight excluding hydrogens is 293 g/mol. The highest BCUT2D eigenvalue weighted by Crippen LogP contribution is 2.21. The molecule has 1 aliphatic rings. The summed E-state index contributed by atoms with van der Waals surface area (Å²) in [5.74, 6) is 4.50. The van der Waals surface area contributed by atoms with E-state index in [4.69, 9.17) is 5.11 Å². The van der Waals surface area contributed by atoms with Gasteiger partial charge in [-0.2, -0.15) is 0 Å². The molecule has 0 atom stereocenters. The Morgan fingerprint density at radius 3 is 2.67 bits per heavy atom. The summed E-state index contributed by atoms with van der Waals surface area (Å²) in [6.07, 6.45) is 3.93. The molecule has 1 fully saturated rings. The molecular formula is C15H18FNO3S. The summed E-state index contributed by atoms with van der Waals surface area (Å²) < 4.78 is 40.8. The minimum atomic E-state index is -3.69. The van der Waals surface area contributed by atoms with Crippen LogP contribution in [0.4, 0.5) is 4.39 Å². The van der Waals surface area contributed by atoms with Gasteiger partial charge in [-0.1, -0.05) is 24.7 Å². The van der Waals surface area contributed by atoms with Crippen molar-refractivity contribution in [1.82, 2.24) is 4.72 Å². The number of hydrogen-bond donors (Lipinski definition) is 2. The van der Waals surface area contributed by atoms with Crippen molar-refractivity contribution in [3.63, 3.8) is 0 Å². The van der Waals surface area contributed by atoms with Crippen LogP contribution in [0.5, 0.6) is 0 Å². The molecule has 0 aromatic heterocycles. The van der Waals surface area contributed by atoms with Gasteiger partial charge in [0.1, 0.15) is 5.82 Å². The number of aliphatic hydroxyl groups excluding tert-OH is 1. The Bertz CT molecular complexity index is 655. The van der Waals surface area contributed by atoms with E-state index in [0.29, 0.717) is 0 Å². The monoisotopic (exact) mass is 311 g/mol. The van der Waals surface area contributed by atoms with Gasteiger partial charge >= 0.3 is 0 Å². The average Bonchev–Trinajstić information content (AvgIpc) is 2.93. The van der Waals surface area contributed by atoms with Gasteiger partial charge in [-0.25, -0.2) is 17.5 Å².